The van der Waals surface area contributed by atoms with E-state index in [4.69, 9.17) is 0 Å². The van der Waals surface area contributed by atoms with E-state index < -0.39 is 6.10 Å². The molecule has 2 atom stereocenters. The zero-order chi connectivity index (χ0) is 18.0. The van der Waals surface area contributed by atoms with Gasteiger partial charge < -0.3 is 15.1 Å². The number of benzene rings is 1. The number of piperidine rings is 1. The molecule has 1 amide bonds. The van der Waals surface area contributed by atoms with Crippen LogP contribution in [0.3, 0.4) is 0 Å². The third-order valence-corrected chi connectivity index (χ3v) is 5.67. The van der Waals surface area contributed by atoms with Crippen LogP contribution in [-0.2, 0) is 4.79 Å². The topological polar surface area (TPSA) is 73.7 Å². The van der Waals surface area contributed by atoms with Crippen LogP contribution >= 0.6 is 11.8 Å². The maximum Gasteiger partial charge on any atom is 0.233 e. The summed E-state index contributed by atoms with van der Waals surface area (Å²) >= 11 is 1.44. The molecule has 1 fully saturated rings. The molecule has 1 saturated heterocycles. The number of thioether (sulfide) groups is 1. The number of hydrogen-bond acceptors (Lipinski definition) is 5. The second-order valence-electron chi connectivity index (χ2n) is 6.73. The van der Waals surface area contributed by atoms with E-state index in [0.717, 1.165) is 21.5 Å². The molecule has 2 aromatic rings. The molecule has 5 nitrogen and oxygen atoms in total. The monoisotopic (exact) mass is 360 g/mol. The van der Waals surface area contributed by atoms with Crippen LogP contribution < -0.4 is 0 Å². The Labute approximate surface area is 152 Å². The Kier molecular flexibility index (Phi) is 5.61. The Morgan fingerprint density at radius 2 is 2.16 bits per heavy atom. The number of aromatic nitrogens is 1. The molecule has 1 aromatic carbocycles. The number of aliphatic hydroxyl groups excluding tert-OH is 2. The van der Waals surface area contributed by atoms with E-state index in [1.165, 1.54) is 17.3 Å². The molecule has 0 saturated carbocycles. The molecule has 2 N–H and O–H groups in total. The van der Waals surface area contributed by atoms with Gasteiger partial charge in [0, 0.05) is 24.4 Å². The highest BCUT2D eigenvalue weighted by Gasteiger charge is 2.29. The van der Waals surface area contributed by atoms with Gasteiger partial charge in [-0.15, -0.1) is 0 Å². The lowest BCUT2D eigenvalue weighted by atomic mass is 9.95. The molecule has 0 bridgehead atoms. The molecule has 1 aromatic heterocycles. The fourth-order valence-corrected chi connectivity index (χ4v) is 4.08. The third-order valence-electron chi connectivity index (χ3n) is 4.77. The highest BCUT2D eigenvalue weighted by molar-refractivity contribution is 7.99. The van der Waals surface area contributed by atoms with Gasteiger partial charge in [-0.25, -0.2) is 4.98 Å². The van der Waals surface area contributed by atoms with Crippen molar-refractivity contribution in [2.75, 3.05) is 25.4 Å². The Bertz CT molecular complexity index is 781. The van der Waals surface area contributed by atoms with Crippen molar-refractivity contribution < 1.29 is 15.0 Å². The number of carbonyl (C=O) groups excluding carboxylic acids is 1. The molecule has 0 aliphatic carbocycles. The number of pyridine rings is 1. The quantitative estimate of drug-likeness (QED) is 0.818. The van der Waals surface area contributed by atoms with Crippen molar-refractivity contribution in [3.05, 3.63) is 35.4 Å². The van der Waals surface area contributed by atoms with Crippen molar-refractivity contribution in [2.45, 2.75) is 31.4 Å². The lowest BCUT2D eigenvalue weighted by Crippen LogP contribution is -2.47. The first-order valence-electron chi connectivity index (χ1n) is 8.55. The van der Waals surface area contributed by atoms with Gasteiger partial charge in [-0.3, -0.25) is 4.79 Å². The fraction of sp³-hybridized carbons (Fsp3) is 0.474. The normalized spacial score (nSPS) is 20.9. The van der Waals surface area contributed by atoms with Crippen LogP contribution in [0.5, 0.6) is 0 Å². The van der Waals surface area contributed by atoms with Crippen LogP contribution in [0.25, 0.3) is 10.9 Å². The van der Waals surface area contributed by atoms with E-state index in [0.29, 0.717) is 25.3 Å². The van der Waals surface area contributed by atoms with Gasteiger partial charge in [0.05, 0.1) is 29.0 Å². The summed E-state index contributed by atoms with van der Waals surface area (Å²) in [6.45, 7) is 4.99. The minimum Gasteiger partial charge on any atom is -0.396 e. The van der Waals surface area contributed by atoms with Gasteiger partial charge in [-0.1, -0.05) is 23.4 Å². The number of likely N-dealkylation sites (tertiary alicyclic amines) is 1. The summed E-state index contributed by atoms with van der Waals surface area (Å²) < 4.78 is 0. The second-order valence-corrected chi connectivity index (χ2v) is 7.72. The predicted molar refractivity (Wildman–Crippen MR) is 99.7 cm³/mol. The van der Waals surface area contributed by atoms with Crippen molar-refractivity contribution in [2.24, 2.45) is 5.92 Å². The minimum atomic E-state index is -0.519. The average molecular weight is 360 g/mol. The van der Waals surface area contributed by atoms with Crippen LogP contribution in [0.15, 0.2) is 29.3 Å². The fourth-order valence-electron chi connectivity index (χ4n) is 3.20. The summed E-state index contributed by atoms with van der Waals surface area (Å²) in [7, 11) is 0. The smallest absolute Gasteiger partial charge is 0.233 e. The second kappa shape index (κ2) is 7.72. The van der Waals surface area contributed by atoms with Gasteiger partial charge in [0.25, 0.3) is 0 Å². The van der Waals surface area contributed by atoms with Crippen molar-refractivity contribution in [3.8, 4) is 0 Å². The Morgan fingerprint density at radius 1 is 1.36 bits per heavy atom. The summed E-state index contributed by atoms with van der Waals surface area (Å²) in [6.07, 6.45) is 0.00359. The SMILES string of the molecule is Cc1ccc2nc(SCC(=O)N3CC[C@@H](O)[C@@H](CO)C3)cc(C)c2c1. The lowest BCUT2D eigenvalue weighted by molar-refractivity contribution is -0.132. The van der Waals surface area contributed by atoms with E-state index in [-0.39, 0.29) is 18.4 Å². The molecular formula is C19H24N2O3S. The van der Waals surface area contributed by atoms with Gasteiger partial charge in [0.15, 0.2) is 0 Å². The standard InChI is InChI=1S/C19H24N2O3S/c1-12-3-4-16-15(7-12)13(2)8-18(20-16)25-11-19(24)21-6-5-17(23)14(9-21)10-22/h3-4,7-8,14,17,22-23H,5-6,9-11H2,1-2H3/t14-,17-/m1/s1. The Hall–Kier alpha value is -1.63. The van der Waals surface area contributed by atoms with Gasteiger partial charge in [0.2, 0.25) is 5.91 Å². The number of amides is 1. The first kappa shape index (κ1) is 18.2. The number of carbonyl (C=O) groups is 1. The summed E-state index contributed by atoms with van der Waals surface area (Å²) in [6, 6.07) is 8.21. The Balaban J connectivity index is 1.66. The lowest BCUT2D eigenvalue weighted by Gasteiger charge is -2.35. The number of aryl methyl sites for hydroxylation is 2. The van der Waals surface area contributed by atoms with Gasteiger partial charge in [0.1, 0.15) is 0 Å². The molecule has 25 heavy (non-hydrogen) atoms. The number of fused-ring (bicyclic) bond motifs is 1. The largest absolute Gasteiger partial charge is 0.396 e. The molecular weight excluding hydrogens is 336 g/mol. The maximum atomic E-state index is 12.4. The molecule has 6 heteroatoms. The molecule has 134 valence electrons. The number of nitrogens with zero attached hydrogens (tertiary/aromatic N) is 2. The molecule has 0 unspecified atom stereocenters. The summed E-state index contributed by atoms with van der Waals surface area (Å²) in [4.78, 5) is 18.8. The van der Waals surface area contributed by atoms with E-state index in [9.17, 15) is 15.0 Å². The molecule has 0 spiro atoms. The molecule has 0 radical (unpaired) electrons. The highest BCUT2D eigenvalue weighted by atomic mass is 32.2. The first-order valence-corrected chi connectivity index (χ1v) is 9.54. The number of rotatable bonds is 4. The minimum absolute atomic E-state index is 0.0267. The van der Waals surface area contributed by atoms with Gasteiger partial charge >= 0.3 is 0 Å². The molecule has 1 aliphatic rings. The number of hydrogen-bond donors (Lipinski definition) is 2. The van der Waals surface area contributed by atoms with E-state index in [1.807, 2.05) is 18.2 Å². The molecule has 2 heterocycles. The van der Waals surface area contributed by atoms with Crippen molar-refractivity contribution in [3.63, 3.8) is 0 Å². The van der Waals surface area contributed by atoms with Crippen molar-refractivity contribution >= 4 is 28.6 Å². The van der Waals surface area contributed by atoms with E-state index in [1.54, 1.807) is 4.90 Å². The van der Waals surface area contributed by atoms with E-state index >= 15 is 0 Å². The predicted octanol–water partition coefficient (Wildman–Crippen LogP) is 2.15. The van der Waals surface area contributed by atoms with Gasteiger partial charge in [-0.05, 0) is 44.0 Å². The Morgan fingerprint density at radius 3 is 2.92 bits per heavy atom. The van der Waals surface area contributed by atoms with Crippen LogP contribution in [0.1, 0.15) is 17.5 Å². The average Bonchev–Trinajstić information content (AvgIpc) is 2.60. The van der Waals surface area contributed by atoms with Crippen LogP contribution in [-0.4, -0.2) is 57.6 Å². The van der Waals surface area contributed by atoms with Crippen LogP contribution in [0.2, 0.25) is 0 Å². The van der Waals surface area contributed by atoms with Gasteiger partial charge in [-0.2, -0.15) is 0 Å². The zero-order valence-corrected chi connectivity index (χ0v) is 15.4. The van der Waals surface area contributed by atoms with Crippen LogP contribution in [0.4, 0.5) is 0 Å². The van der Waals surface area contributed by atoms with Crippen molar-refractivity contribution in [1.29, 1.82) is 0 Å². The molecule has 3 rings (SSSR count). The van der Waals surface area contributed by atoms with Crippen molar-refractivity contribution in [1.82, 2.24) is 9.88 Å². The van der Waals surface area contributed by atoms with E-state index in [2.05, 4.69) is 24.9 Å². The molecule has 1 aliphatic heterocycles. The third kappa shape index (κ3) is 4.14. The maximum absolute atomic E-state index is 12.4. The zero-order valence-electron chi connectivity index (χ0n) is 14.6. The highest BCUT2D eigenvalue weighted by Crippen LogP contribution is 2.25. The summed E-state index contributed by atoms with van der Waals surface area (Å²) in [5.41, 5.74) is 3.31. The first-order chi connectivity index (χ1) is 12.0. The summed E-state index contributed by atoms with van der Waals surface area (Å²) in [5.74, 6) is 0.101. The number of aliphatic hydroxyl groups is 2. The van der Waals surface area contributed by atoms with Crippen LogP contribution in [0, 0.1) is 19.8 Å². The summed E-state index contributed by atoms with van der Waals surface area (Å²) in [5, 5.41) is 21.1.